The van der Waals surface area contributed by atoms with Gasteiger partial charge >= 0.3 is 12.1 Å². The summed E-state index contributed by atoms with van der Waals surface area (Å²) >= 11 is 0. The van der Waals surface area contributed by atoms with Crippen molar-refractivity contribution in [2.75, 3.05) is 0 Å². The van der Waals surface area contributed by atoms with Crippen LogP contribution in [0.3, 0.4) is 0 Å². The molecule has 0 unspecified atom stereocenters. The predicted molar refractivity (Wildman–Crippen MR) is 54.3 cm³/mol. The summed E-state index contributed by atoms with van der Waals surface area (Å²) < 4.78 is 38.4. The smallest absolute Gasteiger partial charge is 0.419 e. The number of aromatic nitrogens is 3. The zero-order valence-corrected chi connectivity index (χ0v) is 9.19. The number of halogens is 3. The maximum absolute atomic E-state index is 12.5. The van der Waals surface area contributed by atoms with Crippen LogP contribution in [-0.2, 0) is 12.6 Å². The molecule has 5 nitrogen and oxygen atoms in total. The van der Waals surface area contributed by atoms with Crippen LogP contribution in [-0.4, -0.2) is 25.4 Å². The monoisotopic (exact) mass is 259 g/mol. The van der Waals surface area contributed by atoms with E-state index in [0.29, 0.717) is 18.8 Å². The molecule has 0 saturated heterocycles. The van der Waals surface area contributed by atoms with Crippen LogP contribution in [0.4, 0.5) is 13.2 Å². The Morgan fingerprint density at radius 1 is 1.50 bits per heavy atom. The molecule has 0 aliphatic rings. The minimum Gasteiger partial charge on any atom is -0.477 e. The molecule has 0 aliphatic heterocycles. The van der Waals surface area contributed by atoms with Gasteiger partial charge in [0, 0.05) is 12.4 Å². The summed E-state index contributed by atoms with van der Waals surface area (Å²) in [4.78, 5) is 18.5. The summed E-state index contributed by atoms with van der Waals surface area (Å²) in [6.07, 6.45) is -2.95. The minimum atomic E-state index is -4.58. The van der Waals surface area contributed by atoms with Crippen LogP contribution in [0.25, 0.3) is 5.78 Å². The van der Waals surface area contributed by atoms with E-state index in [1.807, 2.05) is 0 Å². The molecule has 1 N–H and O–H groups in total. The molecule has 2 heterocycles. The third-order valence-corrected chi connectivity index (χ3v) is 2.42. The third-order valence-electron chi connectivity index (χ3n) is 2.42. The third kappa shape index (κ3) is 1.89. The summed E-state index contributed by atoms with van der Waals surface area (Å²) in [6.45, 7) is 1.67. The molecule has 0 radical (unpaired) electrons. The molecule has 96 valence electrons. The van der Waals surface area contributed by atoms with Crippen LogP contribution in [0.1, 0.15) is 28.7 Å². The molecule has 0 saturated carbocycles. The average Bonchev–Trinajstić information content (AvgIpc) is 2.64. The molecule has 0 atom stereocenters. The van der Waals surface area contributed by atoms with Crippen LogP contribution in [0, 0.1) is 0 Å². The number of aromatic carboxylic acids is 1. The van der Waals surface area contributed by atoms with Crippen LogP contribution in [0.15, 0.2) is 12.4 Å². The molecule has 0 amide bonds. The lowest BCUT2D eigenvalue weighted by atomic mass is 10.2. The topological polar surface area (TPSA) is 67.5 Å². The van der Waals surface area contributed by atoms with Crippen molar-refractivity contribution in [1.82, 2.24) is 14.4 Å². The number of fused-ring (bicyclic) bond motifs is 1. The highest BCUT2D eigenvalue weighted by molar-refractivity contribution is 5.88. The quantitative estimate of drug-likeness (QED) is 0.895. The molecule has 2 aromatic heterocycles. The number of imidazole rings is 1. The highest BCUT2D eigenvalue weighted by atomic mass is 19.4. The number of aryl methyl sites for hydroxylation is 1. The zero-order chi connectivity index (χ0) is 13.5. The standard InChI is InChI=1S/C10H8F3N3O2/c1-2-6-7(8(17)18)16-4-5(10(11,12)13)3-14-9(16)15-6/h3-4H,2H2,1H3,(H,17,18). The van der Waals surface area contributed by atoms with Gasteiger partial charge in [-0.15, -0.1) is 0 Å². The average molecular weight is 259 g/mol. The van der Waals surface area contributed by atoms with Crippen molar-refractivity contribution >= 4 is 11.7 Å². The van der Waals surface area contributed by atoms with Gasteiger partial charge in [-0.3, -0.25) is 4.40 Å². The maximum atomic E-state index is 12.5. The van der Waals surface area contributed by atoms with E-state index in [0.717, 1.165) is 4.40 Å². The molecule has 2 rings (SSSR count). The van der Waals surface area contributed by atoms with Crippen molar-refractivity contribution < 1.29 is 23.1 Å². The van der Waals surface area contributed by atoms with Crippen molar-refractivity contribution in [1.29, 1.82) is 0 Å². The second kappa shape index (κ2) is 3.97. The van der Waals surface area contributed by atoms with Gasteiger partial charge in [0.1, 0.15) is 0 Å². The number of rotatable bonds is 2. The van der Waals surface area contributed by atoms with E-state index in [2.05, 4.69) is 9.97 Å². The Hall–Kier alpha value is -2.12. The van der Waals surface area contributed by atoms with Crippen LogP contribution in [0.5, 0.6) is 0 Å². The number of carboxylic acids is 1. The SMILES string of the molecule is CCc1nc2ncc(C(F)(F)F)cn2c1C(=O)O. The number of alkyl halides is 3. The Morgan fingerprint density at radius 3 is 2.67 bits per heavy atom. The van der Waals surface area contributed by atoms with Gasteiger partial charge in [-0.05, 0) is 6.42 Å². The second-order valence-corrected chi connectivity index (χ2v) is 3.58. The van der Waals surface area contributed by atoms with Crippen molar-refractivity contribution in [3.8, 4) is 0 Å². The van der Waals surface area contributed by atoms with E-state index in [4.69, 9.17) is 5.11 Å². The number of nitrogens with zero attached hydrogens (tertiary/aromatic N) is 3. The van der Waals surface area contributed by atoms with Crippen molar-refractivity contribution in [3.63, 3.8) is 0 Å². The van der Waals surface area contributed by atoms with E-state index in [-0.39, 0.29) is 17.2 Å². The first-order chi connectivity index (χ1) is 8.34. The van der Waals surface area contributed by atoms with Gasteiger partial charge < -0.3 is 5.11 Å². The zero-order valence-electron chi connectivity index (χ0n) is 9.19. The lowest BCUT2D eigenvalue weighted by molar-refractivity contribution is -0.138. The first kappa shape index (κ1) is 12.3. The van der Waals surface area contributed by atoms with Gasteiger partial charge in [-0.2, -0.15) is 13.2 Å². The Kier molecular flexibility index (Phi) is 2.72. The largest absolute Gasteiger partial charge is 0.477 e. The molecule has 8 heteroatoms. The van der Waals surface area contributed by atoms with Gasteiger partial charge in [0.2, 0.25) is 5.78 Å². The fourth-order valence-corrected chi connectivity index (χ4v) is 1.60. The second-order valence-electron chi connectivity index (χ2n) is 3.58. The molecular weight excluding hydrogens is 251 g/mol. The molecule has 0 aliphatic carbocycles. The molecular formula is C10H8F3N3O2. The fourth-order valence-electron chi connectivity index (χ4n) is 1.60. The highest BCUT2D eigenvalue weighted by Gasteiger charge is 2.32. The predicted octanol–water partition coefficient (Wildman–Crippen LogP) is 2.01. The Morgan fingerprint density at radius 2 is 2.17 bits per heavy atom. The van der Waals surface area contributed by atoms with Gasteiger partial charge in [0.25, 0.3) is 0 Å². The van der Waals surface area contributed by atoms with E-state index in [1.54, 1.807) is 6.92 Å². The Bertz CT molecular complexity index is 619. The van der Waals surface area contributed by atoms with Crippen LogP contribution < -0.4 is 0 Å². The summed E-state index contributed by atoms with van der Waals surface area (Å²) in [5.74, 6) is -1.39. The van der Waals surface area contributed by atoms with Gasteiger partial charge in [0.05, 0.1) is 11.3 Å². The summed E-state index contributed by atoms with van der Waals surface area (Å²) in [6, 6.07) is 0. The van der Waals surface area contributed by atoms with Gasteiger partial charge in [0.15, 0.2) is 5.69 Å². The van der Waals surface area contributed by atoms with E-state index in [9.17, 15) is 18.0 Å². The van der Waals surface area contributed by atoms with E-state index >= 15 is 0 Å². The number of carbonyl (C=O) groups is 1. The lowest BCUT2D eigenvalue weighted by Gasteiger charge is -2.06. The molecule has 18 heavy (non-hydrogen) atoms. The maximum Gasteiger partial charge on any atom is 0.419 e. The summed E-state index contributed by atoms with van der Waals surface area (Å²) in [5.41, 5.74) is -1.10. The molecule has 0 aromatic carbocycles. The van der Waals surface area contributed by atoms with Crippen molar-refractivity contribution in [3.05, 3.63) is 29.3 Å². The number of hydrogen-bond donors (Lipinski definition) is 1. The fraction of sp³-hybridized carbons (Fsp3) is 0.300. The van der Waals surface area contributed by atoms with Crippen LogP contribution in [0.2, 0.25) is 0 Å². The molecule has 0 fully saturated rings. The van der Waals surface area contributed by atoms with E-state index in [1.165, 1.54) is 0 Å². The normalized spacial score (nSPS) is 12.0. The summed E-state index contributed by atoms with van der Waals surface area (Å²) in [7, 11) is 0. The Balaban J connectivity index is 2.75. The van der Waals surface area contributed by atoms with Crippen molar-refractivity contribution in [2.24, 2.45) is 0 Å². The van der Waals surface area contributed by atoms with Gasteiger partial charge in [-0.25, -0.2) is 14.8 Å². The molecule has 0 spiro atoms. The highest BCUT2D eigenvalue weighted by Crippen LogP contribution is 2.29. The lowest BCUT2D eigenvalue weighted by Crippen LogP contribution is -2.10. The van der Waals surface area contributed by atoms with Crippen molar-refractivity contribution in [2.45, 2.75) is 19.5 Å². The molecule has 0 bridgehead atoms. The van der Waals surface area contributed by atoms with E-state index < -0.39 is 17.7 Å². The number of carboxylic acid groups (broad SMARTS) is 1. The van der Waals surface area contributed by atoms with Crippen LogP contribution >= 0.6 is 0 Å². The molecule has 2 aromatic rings. The first-order valence-electron chi connectivity index (χ1n) is 5.02. The van der Waals surface area contributed by atoms with Gasteiger partial charge in [-0.1, -0.05) is 6.92 Å². The summed E-state index contributed by atoms with van der Waals surface area (Å²) in [5, 5.41) is 9.01. The Labute approximate surface area is 98.9 Å². The number of hydrogen-bond acceptors (Lipinski definition) is 3. The first-order valence-corrected chi connectivity index (χ1v) is 5.02. The minimum absolute atomic E-state index is 0.0581.